The van der Waals surface area contributed by atoms with Gasteiger partial charge >= 0.3 is 0 Å². The molecule has 0 saturated carbocycles. The monoisotopic (exact) mass is 300 g/mol. The quantitative estimate of drug-likeness (QED) is 0.636. The van der Waals surface area contributed by atoms with Crippen LogP contribution in [0.4, 0.5) is 0 Å². The molecule has 0 fully saturated rings. The molecule has 0 amide bonds. The molecule has 0 spiro atoms. The zero-order valence-electron chi connectivity index (χ0n) is 12.2. The number of ether oxygens (including phenoxy) is 1. The zero-order chi connectivity index (χ0) is 14.8. The molecule has 1 aromatic rings. The van der Waals surface area contributed by atoms with Crippen molar-refractivity contribution in [3.8, 4) is 0 Å². The van der Waals surface area contributed by atoms with Crippen LogP contribution in [0.2, 0.25) is 0 Å². The summed E-state index contributed by atoms with van der Waals surface area (Å²) in [5.74, 6) is 0. The van der Waals surface area contributed by atoms with E-state index in [0.29, 0.717) is 24.6 Å². The van der Waals surface area contributed by atoms with Crippen LogP contribution < -0.4 is 10.0 Å². The topological polar surface area (TPSA) is 67.4 Å². The van der Waals surface area contributed by atoms with Gasteiger partial charge in [-0.05, 0) is 37.1 Å². The molecular formula is C14H24N2O3S. The Hall–Kier alpha value is -0.950. The second kappa shape index (κ2) is 9.07. The molecule has 0 unspecified atom stereocenters. The lowest BCUT2D eigenvalue weighted by Gasteiger charge is -2.08. The van der Waals surface area contributed by atoms with E-state index in [1.807, 2.05) is 12.1 Å². The summed E-state index contributed by atoms with van der Waals surface area (Å²) >= 11 is 0. The lowest BCUT2D eigenvalue weighted by atomic mass is 10.2. The van der Waals surface area contributed by atoms with E-state index in [-0.39, 0.29) is 0 Å². The van der Waals surface area contributed by atoms with E-state index in [4.69, 9.17) is 4.74 Å². The lowest BCUT2D eigenvalue weighted by Crippen LogP contribution is -2.32. The highest BCUT2D eigenvalue weighted by molar-refractivity contribution is 7.89. The standard InChI is InChI=1S/C14H24N2O3S/c1-3-9-15-10-11-16-20(17,18)14-6-4-13(5-7-14)8-12-19-2/h4-7,15-16H,3,8-12H2,1-2H3. The van der Waals surface area contributed by atoms with Crippen LogP contribution in [0.15, 0.2) is 29.2 Å². The lowest BCUT2D eigenvalue weighted by molar-refractivity contribution is 0.202. The molecule has 6 heteroatoms. The van der Waals surface area contributed by atoms with Gasteiger partial charge in [0.1, 0.15) is 0 Å². The molecule has 20 heavy (non-hydrogen) atoms. The van der Waals surface area contributed by atoms with E-state index in [1.165, 1.54) is 0 Å². The smallest absolute Gasteiger partial charge is 0.240 e. The molecule has 1 rings (SSSR count). The van der Waals surface area contributed by atoms with Crippen molar-refractivity contribution < 1.29 is 13.2 Å². The summed E-state index contributed by atoms with van der Waals surface area (Å²) in [7, 11) is -1.76. The summed E-state index contributed by atoms with van der Waals surface area (Å²) in [6.07, 6.45) is 1.82. The number of nitrogens with one attached hydrogen (secondary N) is 2. The Morgan fingerprint density at radius 1 is 1.10 bits per heavy atom. The molecule has 0 aliphatic heterocycles. The summed E-state index contributed by atoms with van der Waals surface area (Å²) in [5.41, 5.74) is 1.07. The van der Waals surface area contributed by atoms with E-state index in [1.54, 1.807) is 19.2 Å². The number of sulfonamides is 1. The van der Waals surface area contributed by atoms with Crippen LogP contribution in [0, 0.1) is 0 Å². The van der Waals surface area contributed by atoms with Crippen LogP contribution in [0.3, 0.4) is 0 Å². The van der Waals surface area contributed by atoms with Crippen molar-refractivity contribution in [2.24, 2.45) is 0 Å². The average molecular weight is 300 g/mol. The van der Waals surface area contributed by atoms with Gasteiger partial charge in [-0.3, -0.25) is 0 Å². The predicted octanol–water partition coefficient (Wildman–Crippen LogP) is 1.15. The van der Waals surface area contributed by atoms with Crippen LogP contribution in [0.1, 0.15) is 18.9 Å². The number of rotatable bonds is 10. The van der Waals surface area contributed by atoms with E-state index < -0.39 is 10.0 Å². The third kappa shape index (κ3) is 6.00. The molecule has 114 valence electrons. The molecule has 5 nitrogen and oxygen atoms in total. The maximum Gasteiger partial charge on any atom is 0.240 e. The summed E-state index contributed by atoms with van der Waals surface area (Å²) in [4.78, 5) is 0.300. The number of hydrogen-bond acceptors (Lipinski definition) is 4. The maximum absolute atomic E-state index is 12.0. The minimum absolute atomic E-state index is 0.300. The highest BCUT2D eigenvalue weighted by Crippen LogP contribution is 2.10. The van der Waals surface area contributed by atoms with E-state index in [2.05, 4.69) is 17.0 Å². The molecule has 0 atom stereocenters. The van der Waals surface area contributed by atoms with Crippen molar-refractivity contribution in [3.63, 3.8) is 0 Å². The van der Waals surface area contributed by atoms with Gasteiger partial charge in [0.15, 0.2) is 0 Å². The molecule has 1 aromatic carbocycles. The van der Waals surface area contributed by atoms with Gasteiger partial charge in [-0.2, -0.15) is 0 Å². The summed E-state index contributed by atoms with van der Waals surface area (Å²) in [5, 5.41) is 3.15. The minimum atomic E-state index is -3.41. The van der Waals surface area contributed by atoms with Crippen LogP contribution in [-0.4, -0.2) is 41.8 Å². The predicted molar refractivity (Wildman–Crippen MR) is 80.4 cm³/mol. The Labute approximate surface area is 121 Å². The van der Waals surface area contributed by atoms with Crippen molar-refractivity contribution in [2.45, 2.75) is 24.7 Å². The van der Waals surface area contributed by atoms with Gasteiger partial charge in [-0.1, -0.05) is 19.1 Å². The summed E-state index contributed by atoms with van der Waals surface area (Å²) in [6, 6.07) is 6.91. The first kappa shape index (κ1) is 17.1. The van der Waals surface area contributed by atoms with Gasteiger partial charge in [0.2, 0.25) is 10.0 Å². The Bertz CT molecular complexity index is 472. The normalized spacial score (nSPS) is 11.7. The average Bonchev–Trinajstić information content (AvgIpc) is 2.45. The van der Waals surface area contributed by atoms with Crippen molar-refractivity contribution in [1.82, 2.24) is 10.0 Å². The first-order valence-corrected chi connectivity index (χ1v) is 8.36. The number of hydrogen-bond donors (Lipinski definition) is 2. The molecule has 0 radical (unpaired) electrons. The van der Waals surface area contributed by atoms with Crippen LogP contribution in [-0.2, 0) is 21.2 Å². The van der Waals surface area contributed by atoms with E-state index in [0.717, 1.165) is 24.9 Å². The Morgan fingerprint density at radius 3 is 2.40 bits per heavy atom. The Kier molecular flexibility index (Phi) is 7.76. The van der Waals surface area contributed by atoms with Crippen molar-refractivity contribution in [2.75, 3.05) is 33.4 Å². The van der Waals surface area contributed by atoms with Gasteiger partial charge in [0, 0.05) is 20.2 Å². The fourth-order valence-electron chi connectivity index (χ4n) is 1.71. The second-order valence-electron chi connectivity index (χ2n) is 4.53. The van der Waals surface area contributed by atoms with Gasteiger partial charge in [-0.25, -0.2) is 13.1 Å². The van der Waals surface area contributed by atoms with Crippen molar-refractivity contribution in [1.29, 1.82) is 0 Å². The maximum atomic E-state index is 12.0. The fraction of sp³-hybridized carbons (Fsp3) is 0.571. The van der Waals surface area contributed by atoms with Crippen molar-refractivity contribution >= 4 is 10.0 Å². The van der Waals surface area contributed by atoms with Crippen LogP contribution >= 0.6 is 0 Å². The highest BCUT2D eigenvalue weighted by Gasteiger charge is 2.12. The van der Waals surface area contributed by atoms with E-state index >= 15 is 0 Å². The molecule has 0 aromatic heterocycles. The Morgan fingerprint density at radius 2 is 1.80 bits per heavy atom. The highest BCUT2D eigenvalue weighted by atomic mass is 32.2. The van der Waals surface area contributed by atoms with Gasteiger partial charge in [-0.15, -0.1) is 0 Å². The van der Waals surface area contributed by atoms with Crippen molar-refractivity contribution in [3.05, 3.63) is 29.8 Å². The first-order chi connectivity index (χ1) is 9.60. The first-order valence-electron chi connectivity index (χ1n) is 6.88. The zero-order valence-corrected chi connectivity index (χ0v) is 13.0. The molecule has 0 bridgehead atoms. The number of methoxy groups -OCH3 is 1. The fourth-order valence-corrected chi connectivity index (χ4v) is 2.75. The van der Waals surface area contributed by atoms with Crippen LogP contribution in [0.25, 0.3) is 0 Å². The summed E-state index contributed by atoms with van der Waals surface area (Å²) < 4.78 is 31.6. The van der Waals surface area contributed by atoms with Gasteiger partial charge in [0.25, 0.3) is 0 Å². The minimum Gasteiger partial charge on any atom is -0.384 e. The van der Waals surface area contributed by atoms with Crippen LogP contribution in [0.5, 0.6) is 0 Å². The molecule has 0 saturated heterocycles. The number of benzene rings is 1. The molecule has 2 N–H and O–H groups in total. The SMILES string of the molecule is CCCNCCNS(=O)(=O)c1ccc(CCOC)cc1. The van der Waals surface area contributed by atoms with Gasteiger partial charge in [0.05, 0.1) is 11.5 Å². The molecular weight excluding hydrogens is 276 g/mol. The second-order valence-corrected chi connectivity index (χ2v) is 6.30. The van der Waals surface area contributed by atoms with E-state index in [9.17, 15) is 8.42 Å². The molecule has 0 aliphatic carbocycles. The summed E-state index contributed by atoms with van der Waals surface area (Å²) in [6.45, 7) is 4.64. The molecule has 0 heterocycles. The molecule has 0 aliphatic rings. The largest absolute Gasteiger partial charge is 0.384 e. The Balaban J connectivity index is 2.50. The van der Waals surface area contributed by atoms with Gasteiger partial charge < -0.3 is 10.1 Å². The third-order valence-corrected chi connectivity index (χ3v) is 4.33. The third-order valence-electron chi connectivity index (χ3n) is 2.85.